The maximum atomic E-state index is 12.7. The van der Waals surface area contributed by atoms with E-state index in [4.69, 9.17) is 4.74 Å². The smallest absolute Gasteiger partial charge is 0.261 e. The van der Waals surface area contributed by atoms with Gasteiger partial charge in [-0.1, -0.05) is 18.7 Å². The van der Waals surface area contributed by atoms with Gasteiger partial charge in [-0.15, -0.1) is 0 Å². The Balaban J connectivity index is 1.54. The molecule has 0 saturated carbocycles. The Bertz CT molecular complexity index is 1330. The van der Waals surface area contributed by atoms with Gasteiger partial charge in [0.2, 0.25) is 0 Å². The number of benzene rings is 2. The Morgan fingerprint density at radius 1 is 1.06 bits per heavy atom. The second kappa shape index (κ2) is 9.17. The number of anilines is 1. The highest BCUT2D eigenvalue weighted by atomic mass is 32.2. The molecule has 10 heteroatoms. The van der Waals surface area contributed by atoms with Crippen LogP contribution in [0, 0.1) is 6.92 Å². The van der Waals surface area contributed by atoms with Crippen molar-refractivity contribution in [2.24, 2.45) is 0 Å². The predicted octanol–water partition coefficient (Wildman–Crippen LogP) is 4.35. The first-order valence-electron chi connectivity index (χ1n) is 10.1. The molecule has 0 fully saturated rings. The number of aromatic nitrogens is 4. The van der Waals surface area contributed by atoms with Crippen LogP contribution in [0.5, 0.6) is 5.75 Å². The summed E-state index contributed by atoms with van der Waals surface area (Å²) in [6, 6.07) is 13.6. The first-order chi connectivity index (χ1) is 15.4. The topological polar surface area (TPSA) is 98.5 Å². The van der Waals surface area contributed by atoms with E-state index in [1.807, 2.05) is 26.0 Å². The van der Waals surface area contributed by atoms with Crippen molar-refractivity contribution in [1.82, 2.24) is 19.6 Å². The van der Waals surface area contributed by atoms with E-state index in [1.54, 1.807) is 40.5 Å². The first kappa shape index (κ1) is 22.1. The van der Waals surface area contributed by atoms with Crippen LogP contribution in [-0.4, -0.2) is 34.6 Å². The van der Waals surface area contributed by atoms with Crippen molar-refractivity contribution in [3.8, 4) is 5.75 Å². The number of fused-ring (bicyclic) bond motifs is 1. The van der Waals surface area contributed by atoms with Gasteiger partial charge in [-0.3, -0.25) is 4.72 Å². The van der Waals surface area contributed by atoms with Crippen LogP contribution in [0.1, 0.15) is 25.1 Å². The van der Waals surface area contributed by atoms with Crippen LogP contribution in [0.15, 0.2) is 69.7 Å². The highest BCUT2D eigenvalue weighted by molar-refractivity contribution is 7.99. The van der Waals surface area contributed by atoms with Gasteiger partial charge in [-0.25, -0.2) is 13.4 Å². The molecule has 1 N–H and O–H groups in total. The molecular formula is C22H23N5O3S2. The van der Waals surface area contributed by atoms with Gasteiger partial charge in [-0.05, 0) is 68.8 Å². The Labute approximate surface area is 191 Å². The Hall–Kier alpha value is -3.11. The molecule has 2 heterocycles. The molecule has 0 unspecified atom stereocenters. The third-order valence-electron chi connectivity index (χ3n) is 4.80. The van der Waals surface area contributed by atoms with E-state index in [-0.39, 0.29) is 4.90 Å². The largest absolute Gasteiger partial charge is 0.494 e. The molecular weight excluding hydrogens is 446 g/mol. The van der Waals surface area contributed by atoms with Gasteiger partial charge < -0.3 is 4.74 Å². The molecule has 0 bridgehead atoms. The summed E-state index contributed by atoms with van der Waals surface area (Å²) in [5.74, 6) is 1.19. The third-order valence-corrected chi connectivity index (χ3v) is 7.32. The van der Waals surface area contributed by atoms with Gasteiger partial charge in [0.25, 0.3) is 15.8 Å². The van der Waals surface area contributed by atoms with Crippen molar-refractivity contribution < 1.29 is 13.2 Å². The fourth-order valence-electron chi connectivity index (χ4n) is 3.27. The van der Waals surface area contributed by atoms with Crippen LogP contribution in [-0.2, 0) is 16.4 Å². The summed E-state index contributed by atoms with van der Waals surface area (Å²) in [6.07, 6.45) is 2.31. The molecule has 4 rings (SSSR count). The minimum atomic E-state index is -3.70. The van der Waals surface area contributed by atoms with Crippen LogP contribution >= 0.6 is 11.8 Å². The average molecular weight is 470 g/mol. The Morgan fingerprint density at radius 2 is 1.78 bits per heavy atom. The van der Waals surface area contributed by atoms with E-state index in [2.05, 4.69) is 26.7 Å². The van der Waals surface area contributed by atoms with Gasteiger partial charge in [0.15, 0.2) is 0 Å². The molecule has 0 spiro atoms. The average Bonchev–Trinajstić information content (AvgIpc) is 3.24. The lowest BCUT2D eigenvalue weighted by Gasteiger charge is -2.12. The maximum Gasteiger partial charge on any atom is 0.261 e. The summed E-state index contributed by atoms with van der Waals surface area (Å²) in [5.41, 5.74) is 2.51. The minimum Gasteiger partial charge on any atom is -0.494 e. The van der Waals surface area contributed by atoms with Crippen molar-refractivity contribution in [3.05, 3.63) is 66.1 Å². The number of hydrogen-bond donors (Lipinski definition) is 1. The fraction of sp³-hybridized carbons (Fsp3) is 0.227. The zero-order chi connectivity index (χ0) is 22.7. The van der Waals surface area contributed by atoms with Crippen LogP contribution in [0.25, 0.3) is 5.78 Å². The van der Waals surface area contributed by atoms with Crippen molar-refractivity contribution >= 4 is 33.3 Å². The highest BCUT2D eigenvalue weighted by Gasteiger charge is 2.16. The maximum absolute atomic E-state index is 12.7. The predicted molar refractivity (Wildman–Crippen MR) is 124 cm³/mol. The third kappa shape index (κ3) is 4.56. The second-order valence-corrected chi connectivity index (χ2v) is 9.69. The van der Waals surface area contributed by atoms with Crippen molar-refractivity contribution in [2.45, 2.75) is 42.0 Å². The van der Waals surface area contributed by atoms with Gasteiger partial charge in [-0.2, -0.15) is 14.6 Å². The zero-order valence-corrected chi connectivity index (χ0v) is 19.6. The summed E-state index contributed by atoms with van der Waals surface area (Å²) in [6.45, 7) is 6.45. The molecule has 166 valence electrons. The quantitative estimate of drug-likeness (QED) is 0.383. The molecule has 0 aliphatic rings. The van der Waals surface area contributed by atoms with E-state index in [0.29, 0.717) is 23.8 Å². The standard InChI is InChI=1S/C22H23N5O3S2/c1-4-20-15(3)25-22-23-14-24-27(22)21(20)31-18-10-6-16(7-11-18)26-32(28,29)19-12-8-17(9-13-19)30-5-2/h6-14,26H,4-5H2,1-3H3. The van der Waals surface area contributed by atoms with Crippen molar-refractivity contribution in [2.75, 3.05) is 11.3 Å². The molecule has 0 aliphatic carbocycles. The molecule has 0 saturated heterocycles. The lowest BCUT2D eigenvalue weighted by Crippen LogP contribution is -2.12. The van der Waals surface area contributed by atoms with Crippen LogP contribution in [0.2, 0.25) is 0 Å². The Kier molecular flexibility index (Phi) is 6.33. The number of rotatable bonds is 8. The number of hydrogen-bond acceptors (Lipinski definition) is 7. The zero-order valence-electron chi connectivity index (χ0n) is 17.9. The summed E-state index contributed by atoms with van der Waals surface area (Å²) in [4.78, 5) is 9.82. The molecule has 0 radical (unpaired) electrons. The summed E-state index contributed by atoms with van der Waals surface area (Å²) < 4.78 is 35.1. The van der Waals surface area contributed by atoms with E-state index in [0.717, 1.165) is 27.6 Å². The number of sulfonamides is 1. The molecule has 2 aromatic heterocycles. The molecule has 32 heavy (non-hydrogen) atoms. The van der Waals surface area contributed by atoms with Gasteiger partial charge in [0, 0.05) is 21.8 Å². The lowest BCUT2D eigenvalue weighted by molar-refractivity contribution is 0.340. The van der Waals surface area contributed by atoms with Crippen LogP contribution < -0.4 is 9.46 Å². The monoisotopic (exact) mass is 469 g/mol. The molecule has 0 amide bonds. The second-order valence-electron chi connectivity index (χ2n) is 6.94. The molecule has 0 atom stereocenters. The summed E-state index contributed by atoms with van der Waals surface area (Å²) >= 11 is 1.55. The number of nitrogens with one attached hydrogen (secondary N) is 1. The molecule has 4 aromatic rings. The molecule has 0 aliphatic heterocycles. The molecule has 2 aromatic carbocycles. The number of aryl methyl sites for hydroxylation is 1. The fourth-order valence-corrected chi connectivity index (χ4v) is 5.45. The van der Waals surface area contributed by atoms with Gasteiger partial charge in [0.1, 0.15) is 17.1 Å². The highest BCUT2D eigenvalue weighted by Crippen LogP contribution is 2.32. The number of nitrogens with zero attached hydrogens (tertiary/aromatic N) is 4. The summed E-state index contributed by atoms with van der Waals surface area (Å²) in [5, 5.41) is 5.26. The van der Waals surface area contributed by atoms with Crippen LogP contribution in [0.4, 0.5) is 5.69 Å². The molecule has 8 nitrogen and oxygen atoms in total. The lowest BCUT2D eigenvalue weighted by atomic mass is 10.2. The van der Waals surface area contributed by atoms with E-state index in [1.165, 1.54) is 18.5 Å². The van der Waals surface area contributed by atoms with Gasteiger partial charge in [0.05, 0.1) is 11.5 Å². The number of ether oxygens (including phenoxy) is 1. The minimum absolute atomic E-state index is 0.174. The first-order valence-corrected chi connectivity index (χ1v) is 12.4. The SMILES string of the molecule is CCOc1ccc(S(=O)(=O)Nc2ccc(Sc3c(CC)c(C)nc4ncnn34)cc2)cc1. The van der Waals surface area contributed by atoms with E-state index < -0.39 is 10.0 Å². The van der Waals surface area contributed by atoms with Crippen molar-refractivity contribution in [1.29, 1.82) is 0 Å². The Morgan fingerprint density at radius 3 is 2.44 bits per heavy atom. The normalized spacial score (nSPS) is 11.6. The summed E-state index contributed by atoms with van der Waals surface area (Å²) in [7, 11) is -3.70. The van der Waals surface area contributed by atoms with Gasteiger partial charge >= 0.3 is 0 Å². The van der Waals surface area contributed by atoms with E-state index in [9.17, 15) is 8.42 Å². The van der Waals surface area contributed by atoms with Crippen LogP contribution in [0.3, 0.4) is 0 Å². The van der Waals surface area contributed by atoms with Crippen molar-refractivity contribution in [3.63, 3.8) is 0 Å². The van der Waals surface area contributed by atoms with E-state index >= 15 is 0 Å².